The quantitative estimate of drug-likeness (QED) is 0.582. The first-order valence-corrected chi connectivity index (χ1v) is 10.2. The minimum Gasteiger partial charge on any atom is -0.481 e. The van der Waals surface area contributed by atoms with Crippen molar-refractivity contribution in [2.45, 2.75) is 62.7 Å². The zero-order chi connectivity index (χ0) is 17.6. The maximum absolute atomic E-state index is 12.5. The van der Waals surface area contributed by atoms with Crippen LogP contribution in [0.4, 0.5) is 4.79 Å². The predicted octanol–water partition coefficient (Wildman–Crippen LogP) is 0.887. The minimum absolute atomic E-state index is 0.00257. The lowest BCUT2D eigenvalue weighted by Crippen LogP contribution is -2.52. The van der Waals surface area contributed by atoms with Crippen molar-refractivity contribution in [3.63, 3.8) is 0 Å². The number of hydrogen-bond donors (Lipinski definition) is 3. The summed E-state index contributed by atoms with van der Waals surface area (Å²) in [4.78, 5) is 24.1. The van der Waals surface area contributed by atoms with Gasteiger partial charge in [-0.25, -0.2) is 17.9 Å². The number of sulfonamides is 1. The molecule has 138 valence electrons. The fraction of sp³-hybridized carbons (Fsp3) is 0.867. The highest BCUT2D eigenvalue weighted by molar-refractivity contribution is 7.90. The molecule has 1 aliphatic carbocycles. The first-order valence-electron chi connectivity index (χ1n) is 8.64. The lowest BCUT2D eigenvalue weighted by molar-refractivity contribution is -0.137. The van der Waals surface area contributed by atoms with Crippen molar-refractivity contribution in [3.05, 3.63) is 0 Å². The summed E-state index contributed by atoms with van der Waals surface area (Å²) in [6.45, 7) is 0.992. The van der Waals surface area contributed by atoms with Crippen LogP contribution in [0.5, 0.6) is 0 Å². The van der Waals surface area contributed by atoms with Crippen LogP contribution in [0, 0.1) is 0 Å². The van der Waals surface area contributed by atoms with E-state index in [2.05, 4.69) is 10.0 Å². The van der Waals surface area contributed by atoms with Crippen molar-refractivity contribution in [1.82, 2.24) is 14.9 Å². The minimum atomic E-state index is -3.42. The van der Waals surface area contributed by atoms with Crippen LogP contribution in [0.1, 0.15) is 51.4 Å². The molecule has 1 unspecified atom stereocenters. The second kappa shape index (κ2) is 8.66. The van der Waals surface area contributed by atoms with Crippen LogP contribution in [0.2, 0.25) is 0 Å². The molecular formula is C15H27N3O5S. The van der Waals surface area contributed by atoms with Crippen LogP contribution in [0.15, 0.2) is 0 Å². The number of carbonyl (C=O) groups excluding carboxylic acids is 1. The molecule has 1 saturated carbocycles. The molecule has 0 aromatic heterocycles. The van der Waals surface area contributed by atoms with E-state index < -0.39 is 21.2 Å². The lowest BCUT2D eigenvalue weighted by atomic mass is 10.1. The summed E-state index contributed by atoms with van der Waals surface area (Å²) in [5, 5.41) is 10.7. The number of aliphatic carboxylic acids is 1. The summed E-state index contributed by atoms with van der Waals surface area (Å²) < 4.78 is 27.8. The fourth-order valence-electron chi connectivity index (χ4n) is 3.29. The molecule has 2 aliphatic rings. The molecule has 0 spiro atoms. The van der Waals surface area contributed by atoms with Gasteiger partial charge in [0.1, 0.15) is 0 Å². The summed E-state index contributed by atoms with van der Waals surface area (Å²) in [5.41, 5.74) is 0. The monoisotopic (exact) mass is 361 g/mol. The predicted molar refractivity (Wildman–Crippen MR) is 89.2 cm³/mol. The highest BCUT2D eigenvalue weighted by Gasteiger charge is 2.34. The number of carboxylic acid groups (broad SMARTS) is 1. The van der Waals surface area contributed by atoms with E-state index in [-0.39, 0.29) is 31.6 Å². The maximum Gasteiger partial charge on any atom is 0.317 e. The third-order valence-electron chi connectivity index (χ3n) is 4.63. The van der Waals surface area contributed by atoms with Gasteiger partial charge in [0.2, 0.25) is 10.0 Å². The summed E-state index contributed by atoms with van der Waals surface area (Å²) in [7, 11) is -3.42. The van der Waals surface area contributed by atoms with Gasteiger partial charge < -0.3 is 15.3 Å². The topological polar surface area (TPSA) is 116 Å². The zero-order valence-corrected chi connectivity index (χ0v) is 14.7. The molecule has 1 aliphatic heterocycles. The first-order chi connectivity index (χ1) is 11.4. The Morgan fingerprint density at radius 3 is 2.50 bits per heavy atom. The second-order valence-corrected chi connectivity index (χ2v) is 8.58. The summed E-state index contributed by atoms with van der Waals surface area (Å²) >= 11 is 0. The van der Waals surface area contributed by atoms with Crippen molar-refractivity contribution >= 4 is 22.0 Å². The number of amides is 2. The molecule has 0 aromatic carbocycles. The first kappa shape index (κ1) is 19.0. The van der Waals surface area contributed by atoms with Gasteiger partial charge >= 0.3 is 12.0 Å². The molecule has 2 rings (SSSR count). The number of piperidine rings is 1. The number of nitrogens with one attached hydrogen (secondary N) is 2. The van der Waals surface area contributed by atoms with E-state index in [1.54, 1.807) is 0 Å². The average Bonchev–Trinajstić information content (AvgIpc) is 3.03. The SMILES string of the molecule is O=C(O)CCCNC(=O)N1CCCC(S(=O)(=O)NC2CCCC2)C1. The van der Waals surface area contributed by atoms with Crippen LogP contribution < -0.4 is 10.0 Å². The molecular weight excluding hydrogens is 334 g/mol. The van der Waals surface area contributed by atoms with Gasteiger partial charge in [0, 0.05) is 32.1 Å². The van der Waals surface area contributed by atoms with Crippen molar-refractivity contribution in [2.24, 2.45) is 0 Å². The van der Waals surface area contributed by atoms with Gasteiger partial charge in [0.15, 0.2) is 0 Å². The van der Waals surface area contributed by atoms with E-state index in [1.807, 2.05) is 0 Å². The smallest absolute Gasteiger partial charge is 0.317 e. The summed E-state index contributed by atoms with van der Waals surface area (Å²) in [5.74, 6) is -0.897. The number of hydrogen-bond acceptors (Lipinski definition) is 4. The Labute approximate surface area is 143 Å². The Kier molecular flexibility index (Phi) is 6.85. The summed E-state index contributed by atoms with van der Waals surface area (Å²) in [6, 6.07) is -0.281. The molecule has 0 radical (unpaired) electrons. The van der Waals surface area contributed by atoms with Crippen molar-refractivity contribution in [2.75, 3.05) is 19.6 Å². The fourth-order valence-corrected chi connectivity index (χ4v) is 5.04. The average molecular weight is 361 g/mol. The summed E-state index contributed by atoms with van der Waals surface area (Å²) in [6.07, 6.45) is 5.47. The molecule has 0 bridgehead atoms. The molecule has 2 amide bonds. The molecule has 3 N–H and O–H groups in total. The van der Waals surface area contributed by atoms with Crippen molar-refractivity contribution < 1.29 is 23.1 Å². The number of carboxylic acids is 1. The van der Waals surface area contributed by atoms with Gasteiger partial charge in [-0.15, -0.1) is 0 Å². The van der Waals surface area contributed by atoms with Gasteiger partial charge in [-0.3, -0.25) is 4.79 Å². The second-order valence-electron chi connectivity index (χ2n) is 6.58. The van der Waals surface area contributed by atoms with Crippen LogP contribution in [0.25, 0.3) is 0 Å². The van der Waals surface area contributed by atoms with E-state index in [4.69, 9.17) is 5.11 Å². The highest BCUT2D eigenvalue weighted by atomic mass is 32.2. The third-order valence-corrected chi connectivity index (χ3v) is 6.56. The standard InChI is InChI=1S/C15H27N3O5S/c19-14(20)8-3-9-16-15(21)18-10-4-7-13(11-18)24(22,23)17-12-5-1-2-6-12/h12-13,17H,1-11H2,(H,16,21)(H,19,20). The molecule has 24 heavy (non-hydrogen) atoms. The maximum atomic E-state index is 12.5. The number of rotatable bonds is 7. The Bertz CT molecular complexity index is 545. The largest absolute Gasteiger partial charge is 0.481 e. The van der Waals surface area contributed by atoms with Crippen molar-refractivity contribution in [1.29, 1.82) is 0 Å². The van der Waals surface area contributed by atoms with Gasteiger partial charge in [-0.2, -0.15) is 0 Å². The van der Waals surface area contributed by atoms with Crippen LogP contribution in [-0.4, -0.2) is 61.4 Å². The van der Waals surface area contributed by atoms with Crippen LogP contribution in [0.3, 0.4) is 0 Å². The van der Waals surface area contributed by atoms with Crippen LogP contribution >= 0.6 is 0 Å². The lowest BCUT2D eigenvalue weighted by Gasteiger charge is -2.33. The Hall–Kier alpha value is -1.35. The Morgan fingerprint density at radius 1 is 1.12 bits per heavy atom. The van der Waals surface area contributed by atoms with E-state index in [0.29, 0.717) is 25.8 Å². The van der Waals surface area contributed by atoms with E-state index in [0.717, 1.165) is 25.7 Å². The van der Waals surface area contributed by atoms with Gasteiger partial charge in [0.05, 0.1) is 5.25 Å². The zero-order valence-electron chi connectivity index (χ0n) is 13.9. The molecule has 8 nitrogen and oxygen atoms in total. The third kappa shape index (κ3) is 5.62. The Morgan fingerprint density at radius 2 is 1.83 bits per heavy atom. The van der Waals surface area contributed by atoms with E-state index in [9.17, 15) is 18.0 Å². The normalized spacial score (nSPS) is 22.5. The number of urea groups is 1. The number of carbonyl (C=O) groups is 2. The Balaban J connectivity index is 1.81. The van der Waals surface area contributed by atoms with Gasteiger partial charge in [-0.05, 0) is 32.1 Å². The van der Waals surface area contributed by atoms with Crippen LogP contribution in [-0.2, 0) is 14.8 Å². The van der Waals surface area contributed by atoms with Gasteiger partial charge in [-0.1, -0.05) is 12.8 Å². The molecule has 1 heterocycles. The molecule has 1 atom stereocenters. The molecule has 0 aromatic rings. The molecule has 1 saturated heterocycles. The van der Waals surface area contributed by atoms with Gasteiger partial charge in [0.25, 0.3) is 0 Å². The molecule has 9 heteroatoms. The van der Waals surface area contributed by atoms with E-state index >= 15 is 0 Å². The van der Waals surface area contributed by atoms with Crippen molar-refractivity contribution in [3.8, 4) is 0 Å². The number of nitrogens with zero attached hydrogens (tertiary/aromatic N) is 1. The highest BCUT2D eigenvalue weighted by Crippen LogP contribution is 2.22. The number of likely N-dealkylation sites (tertiary alicyclic amines) is 1. The molecule has 2 fully saturated rings. The van der Waals surface area contributed by atoms with E-state index in [1.165, 1.54) is 4.90 Å².